The van der Waals surface area contributed by atoms with Crippen LogP contribution in [0.4, 0.5) is 5.69 Å². The number of benzene rings is 3. The molecule has 2 heterocycles. The largest absolute Gasteiger partial charge is 0.493 e. The average Bonchev–Trinajstić information content (AvgIpc) is 3.25. The minimum absolute atomic E-state index is 0.223. The summed E-state index contributed by atoms with van der Waals surface area (Å²) in [5.74, 6) is 0.734. The minimum atomic E-state index is -0.390. The fourth-order valence-electron chi connectivity index (χ4n) is 5.90. The van der Waals surface area contributed by atoms with Gasteiger partial charge in [0.25, 0.3) is 11.8 Å². The van der Waals surface area contributed by atoms with Gasteiger partial charge >= 0.3 is 0 Å². The predicted octanol–water partition coefficient (Wildman–Crippen LogP) is 5.72. The number of fused-ring (bicyclic) bond motifs is 1. The van der Waals surface area contributed by atoms with Crippen molar-refractivity contribution in [2.75, 3.05) is 45.3 Å². The summed E-state index contributed by atoms with van der Waals surface area (Å²) >= 11 is 0. The van der Waals surface area contributed by atoms with Gasteiger partial charge < -0.3 is 14.4 Å². The molecule has 0 saturated carbocycles. The van der Waals surface area contributed by atoms with Gasteiger partial charge in [-0.1, -0.05) is 55.8 Å². The standard InChI is InChI=1S/C32H37N3O4/c1-5-10-26(24-15-16-28(38-3)29(21-24)39-4)35-31(36)25-13-9-14-27(30(25)32(35)37)34-19-17-33(18-20-34)22(2)23-11-7-6-8-12-23/h6-9,11-16,21-22,26H,5,10,17-20H2,1-4H3/t22-,26?/m1/s1. The zero-order valence-electron chi connectivity index (χ0n) is 23.2. The first-order chi connectivity index (χ1) is 19.0. The van der Waals surface area contributed by atoms with E-state index in [2.05, 4.69) is 47.9 Å². The Morgan fingerprint density at radius 2 is 1.51 bits per heavy atom. The monoisotopic (exact) mass is 527 g/mol. The van der Waals surface area contributed by atoms with Crippen LogP contribution in [0.25, 0.3) is 0 Å². The van der Waals surface area contributed by atoms with Crippen molar-refractivity contribution in [1.29, 1.82) is 0 Å². The molecule has 0 aliphatic carbocycles. The van der Waals surface area contributed by atoms with Crippen LogP contribution in [0.3, 0.4) is 0 Å². The van der Waals surface area contributed by atoms with Crippen LogP contribution in [0.2, 0.25) is 0 Å². The molecule has 0 spiro atoms. The Hall–Kier alpha value is -3.84. The van der Waals surface area contributed by atoms with E-state index in [4.69, 9.17) is 9.47 Å². The van der Waals surface area contributed by atoms with Crippen molar-refractivity contribution in [2.24, 2.45) is 0 Å². The van der Waals surface area contributed by atoms with Crippen LogP contribution in [0, 0.1) is 0 Å². The summed E-state index contributed by atoms with van der Waals surface area (Å²) in [6.07, 6.45) is 1.48. The van der Waals surface area contributed by atoms with Gasteiger partial charge in [-0.05, 0) is 48.7 Å². The van der Waals surface area contributed by atoms with Crippen molar-refractivity contribution >= 4 is 17.5 Å². The quantitative estimate of drug-likeness (QED) is 0.332. The summed E-state index contributed by atoms with van der Waals surface area (Å²) < 4.78 is 10.9. The molecular weight excluding hydrogens is 490 g/mol. The van der Waals surface area contributed by atoms with Gasteiger partial charge in [-0.3, -0.25) is 19.4 Å². The maximum atomic E-state index is 14.0. The van der Waals surface area contributed by atoms with Crippen LogP contribution in [0.1, 0.15) is 70.6 Å². The highest BCUT2D eigenvalue weighted by molar-refractivity contribution is 6.24. The number of nitrogens with zero attached hydrogens (tertiary/aromatic N) is 3. The zero-order valence-corrected chi connectivity index (χ0v) is 23.2. The van der Waals surface area contributed by atoms with Crippen molar-refractivity contribution in [2.45, 2.75) is 38.8 Å². The van der Waals surface area contributed by atoms with E-state index in [1.807, 2.05) is 36.4 Å². The molecule has 1 unspecified atom stereocenters. The normalized spacial score (nSPS) is 17.2. The van der Waals surface area contributed by atoms with E-state index in [1.54, 1.807) is 20.3 Å². The third-order valence-corrected chi connectivity index (χ3v) is 8.08. The fourth-order valence-corrected chi connectivity index (χ4v) is 5.90. The summed E-state index contributed by atoms with van der Waals surface area (Å²) in [6, 6.07) is 21.8. The lowest BCUT2D eigenvalue weighted by atomic mass is 10.00. The molecule has 3 aromatic carbocycles. The van der Waals surface area contributed by atoms with E-state index in [0.717, 1.165) is 43.9 Å². The molecule has 2 atom stereocenters. The zero-order chi connectivity index (χ0) is 27.5. The molecule has 0 bridgehead atoms. The van der Waals surface area contributed by atoms with Crippen LogP contribution in [-0.2, 0) is 0 Å². The lowest BCUT2D eigenvalue weighted by molar-refractivity contribution is 0.0573. The second-order valence-corrected chi connectivity index (χ2v) is 10.2. The number of anilines is 1. The molecule has 0 N–H and O–H groups in total. The van der Waals surface area contributed by atoms with E-state index in [-0.39, 0.29) is 11.8 Å². The number of hydrogen-bond donors (Lipinski definition) is 0. The predicted molar refractivity (Wildman–Crippen MR) is 153 cm³/mol. The molecule has 0 aromatic heterocycles. The van der Waals surface area contributed by atoms with E-state index < -0.39 is 6.04 Å². The fraction of sp³-hybridized carbons (Fsp3) is 0.375. The Bertz CT molecular complexity index is 1330. The number of carbonyl (C=O) groups excluding carboxylic acids is 2. The summed E-state index contributed by atoms with van der Waals surface area (Å²) in [6.45, 7) is 7.66. The topological polar surface area (TPSA) is 62.3 Å². The van der Waals surface area contributed by atoms with Crippen LogP contribution in [0.15, 0.2) is 66.7 Å². The van der Waals surface area contributed by atoms with Crippen LogP contribution in [0.5, 0.6) is 11.5 Å². The van der Waals surface area contributed by atoms with Gasteiger partial charge in [0.2, 0.25) is 0 Å². The molecule has 204 valence electrons. The third-order valence-electron chi connectivity index (χ3n) is 8.08. The molecule has 2 aliphatic heterocycles. The second kappa shape index (κ2) is 11.5. The number of carbonyl (C=O) groups is 2. The highest BCUT2D eigenvalue weighted by atomic mass is 16.5. The molecule has 1 fully saturated rings. The van der Waals surface area contributed by atoms with Crippen LogP contribution >= 0.6 is 0 Å². The van der Waals surface area contributed by atoms with Gasteiger partial charge in [0.1, 0.15) is 0 Å². The van der Waals surface area contributed by atoms with Crippen LogP contribution in [-0.4, -0.2) is 62.0 Å². The van der Waals surface area contributed by atoms with Gasteiger partial charge in [0.15, 0.2) is 11.5 Å². The van der Waals surface area contributed by atoms with Crippen LogP contribution < -0.4 is 14.4 Å². The van der Waals surface area contributed by atoms with E-state index in [1.165, 1.54) is 10.5 Å². The number of piperazine rings is 1. The SMILES string of the molecule is CCCC(c1ccc(OC)c(OC)c1)N1C(=O)c2cccc(N3CCN([C@H](C)c4ccccc4)CC3)c2C1=O. The molecule has 0 radical (unpaired) electrons. The summed E-state index contributed by atoms with van der Waals surface area (Å²) in [7, 11) is 3.18. The van der Waals surface area contributed by atoms with E-state index in [0.29, 0.717) is 35.1 Å². The number of hydrogen-bond acceptors (Lipinski definition) is 6. The number of ether oxygens (including phenoxy) is 2. The Morgan fingerprint density at radius 1 is 0.795 bits per heavy atom. The molecule has 7 heteroatoms. The highest BCUT2D eigenvalue weighted by Crippen LogP contribution is 2.40. The van der Waals surface area contributed by atoms with Gasteiger partial charge in [0.05, 0.1) is 37.1 Å². The molecule has 39 heavy (non-hydrogen) atoms. The molecule has 2 aliphatic rings. The maximum absolute atomic E-state index is 14.0. The molecule has 3 aromatic rings. The summed E-state index contributed by atoms with van der Waals surface area (Å²) in [4.78, 5) is 33.9. The second-order valence-electron chi connectivity index (χ2n) is 10.2. The third kappa shape index (κ3) is 4.99. The Labute approximate surface area is 230 Å². The number of amides is 2. The van der Waals surface area contributed by atoms with Gasteiger partial charge in [-0.25, -0.2) is 0 Å². The molecule has 2 amide bonds. The summed E-state index contributed by atoms with van der Waals surface area (Å²) in [5.41, 5.74) is 4.02. The highest BCUT2D eigenvalue weighted by Gasteiger charge is 2.43. The molecule has 1 saturated heterocycles. The Kier molecular flexibility index (Phi) is 7.89. The van der Waals surface area contributed by atoms with Gasteiger partial charge in [0, 0.05) is 32.2 Å². The molecule has 5 rings (SSSR count). The number of rotatable bonds is 9. The smallest absolute Gasteiger partial charge is 0.264 e. The van der Waals surface area contributed by atoms with Crippen molar-refractivity contribution < 1.29 is 19.1 Å². The number of imide groups is 1. The van der Waals surface area contributed by atoms with Gasteiger partial charge in [-0.15, -0.1) is 0 Å². The molecular formula is C32H37N3O4. The first kappa shape index (κ1) is 26.8. The minimum Gasteiger partial charge on any atom is -0.493 e. The lowest BCUT2D eigenvalue weighted by Gasteiger charge is -2.39. The first-order valence-electron chi connectivity index (χ1n) is 13.7. The van der Waals surface area contributed by atoms with E-state index in [9.17, 15) is 9.59 Å². The van der Waals surface area contributed by atoms with Crippen molar-refractivity contribution in [3.05, 3.63) is 89.0 Å². The Balaban J connectivity index is 1.40. The summed E-state index contributed by atoms with van der Waals surface area (Å²) in [5, 5.41) is 0. The average molecular weight is 528 g/mol. The Morgan fingerprint density at radius 3 is 2.18 bits per heavy atom. The van der Waals surface area contributed by atoms with E-state index >= 15 is 0 Å². The first-order valence-corrected chi connectivity index (χ1v) is 13.7. The maximum Gasteiger partial charge on any atom is 0.264 e. The molecule has 7 nitrogen and oxygen atoms in total. The number of methoxy groups -OCH3 is 2. The van der Waals surface area contributed by atoms with Crippen molar-refractivity contribution in [3.8, 4) is 11.5 Å². The van der Waals surface area contributed by atoms with Crippen molar-refractivity contribution in [3.63, 3.8) is 0 Å². The lowest BCUT2D eigenvalue weighted by Crippen LogP contribution is -2.47. The van der Waals surface area contributed by atoms with Gasteiger partial charge in [-0.2, -0.15) is 0 Å². The van der Waals surface area contributed by atoms with Crippen molar-refractivity contribution in [1.82, 2.24) is 9.80 Å².